The van der Waals surface area contributed by atoms with Gasteiger partial charge in [-0.15, -0.1) is 6.58 Å². The predicted molar refractivity (Wildman–Crippen MR) is 135 cm³/mol. The molecule has 1 aliphatic heterocycles. The number of hydrogen-bond donors (Lipinski definition) is 1. The van der Waals surface area contributed by atoms with E-state index in [9.17, 15) is 14.7 Å². The summed E-state index contributed by atoms with van der Waals surface area (Å²) in [4.78, 5) is 30.4. The van der Waals surface area contributed by atoms with Crippen molar-refractivity contribution in [2.45, 2.75) is 71.9 Å². The molecule has 7 heteroatoms. The van der Waals surface area contributed by atoms with Gasteiger partial charge in [0, 0.05) is 25.8 Å². The second-order valence-electron chi connectivity index (χ2n) is 9.36. The number of fused-ring (bicyclic) bond motifs is 1. The molecule has 0 unspecified atom stereocenters. The zero-order chi connectivity index (χ0) is 25.4. The summed E-state index contributed by atoms with van der Waals surface area (Å²) in [5.41, 5.74) is 2.71. The summed E-state index contributed by atoms with van der Waals surface area (Å²) in [7, 11) is 0. The van der Waals surface area contributed by atoms with E-state index in [1.807, 2.05) is 31.2 Å². The summed E-state index contributed by atoms with van der Waals surface area (Å²) in [6.45, 7) is 10.6. The van der Waals surface area contributed by atoms with Crippen LogP contribution in [-0.4, -0.2) is 39.5 Å². The number of carbonyl (C=O) groups excluding carboxylic acids is 1. The van der Waals surface area contributed by atoms with Gasteiger partial charge in [0.1, 0.15) is 17.6 Å². The first-order valence-corrected chi connectivity index (χ1v) is 12.3. The number of benzene rings is 1. The van der Waals surface area contributed by atoms with Crippen molar-refractivity contribution in [2.75, 3.05) is 6.61 Å². The van der Waals surface area contributed by atoms with Crippen molar-refractivity contribution in [3.63, 3.8) is 0 Å². The van der Waals surface area contributed by atoms with Crippen molar-refractivity contribution in [1.29, 1.82) is 0 Å². The largest absolute Gasteiger partial charge is 0.493 e. The lowest BCUT2D eigenvalue weighted by Crippen LogP contribution is -2.48. The molecule has 0 saturated carbocycles. The van der Waals surface area contributed by atoms with Gasteiger partial charge >= 0.3 is 5.97 Å². The normalized spacial score (nSPS) is 15.4. The van der Waals surface area contributed by atoms with E-state index in [2.05, 4.69) is 31.5 Å². The molecule has 1 aliphatic rings. The number of carboxylic acid groups (broad SMARTS) is 1. The number of aromatic nitrogens is 1. The van der Waals surface area contributed by atoms with E-state index in [4.69, 9.17) is 9.15 Å². The number of carboxylic acids is 1. The highest BCUT2D eigenvalue weighted by Crippen LogP contribution is 2.28. The van der Waals surface area contributed by atoms with E-state index in [0.29, 0.717) is 37.0 Å². The van der Waals surface area contributed by atoms with E-state index in [1.54, 1.807) is 6.08 Å². The quantitative estimate of drug-likeness (QED) is 0.411. The minimum absolute atomic E-state index is 0.176. The van der Waals surface area contributed by atoms with Gasteiger partial charge in [-0.3, -0.25) is 4.79 Å². The molecule has 7 nitrogen and oxygen atoms in total. The molecule has 188 valence electrons. The van der Waals surface area contributed by atoms with Crippen molar-refractivity contribution >= 4 is 18.0 Å². The Balaban J connectivity index is 1.60. The highest BCUT2D eigenvalue weighted by atomic mass is 16.5. The van der Waals surface area contributed by atoms with Crippen molar-refractivity contribution in [1.82, 2.24) is 9.88 Å². The van der Waals surface area contributed by atoms with Crippen LogP contribution in [0.5, 0.6) is 5.75 Å². The van der Waals surface area contributed by atoms with E-state index >= 15 is 0 Å². The van der Waals surface area contributed by atoms with E-state index in [1.165, 1.54) is 4.90 Å². The Bertz CT molecular complexity index is 1070. The summed E-state index contributed by atoms with van der Waals surface area (Å²) in [5.74, 6) is 1.60. The fourth-order valence-corrected chi connectivity index (χ4v) is 4.14. The molecule has 1 atom stereocenters. The van der Waals surface area contributed by atoms with Gasteiger partial charge in [-0.1, -0.05) is 32.1 Å². The molecule has 0 radical (unpaired) electrons. The van der Waals surface area contributed by atoms with Gasteiger partial charge in [0.25, 0.3) is 0 Å². The fourth-order valence-electron chi connectivity index (χ4n) is 4.14. The lowest BCUT2D eigenvalue weighted by molar-refractivity contribution is -0.151. The average molecular weight is 481 g/mol. The summed E-state index contributed by atoms with van der Waals surface area (Å²) in [6.07, 6.45) is 9.50. The molecule has 0 aliphatic carbocycles. The maximum absolute atomic E-state index is 12.6. The molecular formula is C28H36N2O5. The smallest absolute Gasteiger partial charge is 0.326 e. The van der Waals surface area contributed by atoms with Gasteiger partial charge in [-0.25, -0.2) is 9.78 Å². The van der Waals surface area contributed by atoms with Crippen LogP contribution in [0.4, 0.5) is 0 Å². The molecule has 1 amide bonds. The molecule has 3 rings (SSSR count). The molecular weight excluding hydrogens is 444 g/mol. The molecule has 1 aromatic carbocycles. The predicted octanol–water partition coefficient (Wildman–Crippen LogP) is 5.36. The molecule has 1 aromatic heterocycles. The monoisotopic (exact) mass is 480 g/mol. The molecule has 0 fully saturated rings. The van der Waals surface area contributed by atoms with Gasteiger partial charge in [-0.2, -0.15) is 0 Å². The number of rotatable bonds is 12. The van der Waals surface area contributed by atoms with Crippen LogP contribution in [0.2, 0.25) is 0 Å². The first-order chi connectivity index (χ1) is 16.8. The van der Waals surface area contributed by atoms with Crippen LogP contribution in [0.3, 0.4) is 0 Å². The maximum Gasteiger partial charge on any atom is 0.326 e. The standard InChI is InChI=1S/C28H36N2O5/c1-5-6-11-27(31)30-18-22-16-23(13-12-21(22)17-25(30)28(32)33)34-15-14-24-20(4)35-26(29-24)10-8-7-9-19(2)3/h5,8,10,12-13,16,19,25H,1,6-7,9,11,14-15,17-18H2,2-4H3,(H,32,33)/b10-8+/t25-/m0/s1. The maximum atomic E-state index is 12.6. The molecule has 0 spiro atoms. The zero-order valence-electron chi connectivity index (χ0n) is 21.0. The molecule has 2 aromatic rings. The van der Waals surface area contributed by atoms with Gasteiger partial charge in [0.2, 0.25) is 11.8 Å². The van der Waals surface area contributed by atoms with Gasteiger partial charge in [-0.05, 0) is 61.4 Å². The third kappa shape index (κ3) is 7.31. The minimum Gasteiger partial charge on any atom is -0.493 e. The fraction of sp³-hybridized carbons (Fsp3) is 0.464. The number of carbonyl (C=O) groups is 2. The second-order valence-corrected chi connectivity index (χ2v) is 9.36. The molecule has 0 saturated heterocycles. The molecule has 35 heavy (non-hydrogen) atoms. The summed E-state index contributed by atoms with van der Waals surface area (Å²) in [5, 5.41) is 9.64. The average Bonchev–Trinajstić information content (AvgIpc) is 3.18. The Hall–Kier alpha value is -3.35. The van der Waals surface area contributed by atoms with Crippen LogP contribution in [0, 0.1) is 12.8 Å². The summed E-state index contributed by atoms with van der Waals surface area (Å²) in [6, 6.07) is 4.80. The Morgan fingerprint density at radius 2 is 2.11 bits per heavy atom. The highest BCUT2D eigenvalue weighted by Gasteiger charge is 2.34. The molecule has 1 N–H and O–H groups in total. The van der Waals surface area contributed by atoms with Crippen molar-refractivity contribution < 1.29 is 23.8 Å². The van der Waals surface area contributed by atoms with Gasteiger partial charge < -0.3 is 19.2 Å². The Kier molecular flexibility index (Phi) is 9.29. The van der Waals surface area contributed by atoms with Crippen LogP contribution < -0.4 is 4.74 Å². The first-order valence-electron chi connectivity index (χ1n) is 12.3. The Labute approximate surface area is 207 Å². The van der Waals surface area contributed by atoms with Crippen LogP contribution in [0.25, 0.3) is 6.08 Å². The topological polar surface area (TPSA) is 92.9 Å². The van der Waals surface area contributed by atoms with Gasteiger partial charge in [0.15, 0.2) is 0 Å². The second kappa shape index (κ2) is 12.4. The number of aryl methyl sites for hydroxylation is 1. The Morgan fingerprint density at radius 3 is 2.83 bits per heavy atom. The van der Waals surface area contributed by atoms with E-state index in [0.717, 1.165) is 35.4 Å². The molecule has 2 heterocycles. The summed E-state index contributed by atoms with van der Waals surface area (Å²) >= 11 is 0. The number of ether oxygens (including phenoxy) is 1. The third-order valence-electron chi connectivity index (χ3n) is 6.16. The summed E-state index contributed by atoms with van der Waals surface area (Å²) < 4.78 is 11.7. The number of hydrogen-bond acceptors (Lipinski definition) is 5. The number of allylic oxidation sites excluding steroid dienone is 2. The van der Waals surface area contributed by atoms with Crippen molar-refractivity contribution in [3.05, 3.63) is 65.4 Å². The first kappa shape index (κ1) is 26.3. The van der Waals surface area contributed by atoms with Crippen LogP contribution >= 0.6 is 0 Å². The lowest BCUT2D eigenvalue weighted by Gasteiger charge is -2.34. The van der Waals surface area contributed by atoms with Crippen LogP contribution in [0.15, 0.2) is 41.3 Å². The Morgan fingerprint density at radius 1 is 1.31 bits per heavy atom. The molecule has 0 bridgehead atoms. The number of nitrogens with zero attached hydrogens (tertiary/aromatic N) is 2. The third-order valence-corrected chi connectivity index (χ3v) is 6.16. The lowest BCUT2D eigenvalue weighted by atomic mass is 9.93. The van der Waals surface area contributed by atoms with E-state index < -0.39 is 12.0 Å². The zero-order valence-corrected chi connectivity index (χ0v) is 21.0. The number of aliphatic carboxylic acids is 1. The minimum atomic E-state index is -0.986. The van der Waals surface area contributed by atoms with Crippen molar-refractivity contribution in [3.8, 4) is 5.75 Å². The number of oxazole rings is 1. The van der Waals surface area contributed by atoms with Crippen LogP contribution in [0.1, 0.15) is 68.0 Å². The van der Waals surface area contributed by atoms with Crippen molar-refractivity contribution in [2.24, 2.45) is 5.92 Å². The van der Waals surface area contributed by atoms with Crippen LogP contribution in [-0.2, 0) is 29.0 Å². The van der Waals surface area contributed by atoms with E-state index in [-0.39, 0.29) is 25.3 Å². The van der Waals surface area contributed by atoms with Gasteiger partial charge in [0.05, 0.1) is 12.3 Å². The highest BCUT2D eigenvalue weighted by molar-refractivity contribution is 5.84. The number of amides is 1. The SMILES string of the molecule is C=CCCC(=O)N1Cc2cc(OCCc3nc(/C=C/CCC(C)C)oc3C)ccc2C[C@H]1C(=O)O.